The number of rotatable bonds is 11. The highest BCUT2D eigenvalue weighted by atomic mass is 16.5. The number of carbonyl (C=O) groups excluding carboxylic acids is 2. The van der Waals surface area contributed by atoms with Gasteiger partial charge in [0.15, 0.2) is 11.6 Å². The van der Waals surface area contributed by atoms with Crippen LogP contribution in [0.3, 0.4) is 0 Å². The van der Waals surface area contributed by atoms with E-state index in [1.165, 1.54) is 12.8 Å². The van der Waals surface area contributed by atoms with E-state index in [4.69, 9.17) is 9.47 Å². The number of unbranched alkanes of at least 4 members (excludes halogenated alkanes) is 3. The monoisotopic (exact) mass is 470 g/mol. The van der Waals surface area contributed by atoms with Gasteiger partial charge in [0.05, 0.1) is 11.2 Å². The second-order valence-corrected chi connectivity index (χ2v) is 12.1. The lowest BCUT2D eigenvalue weighted by atomic mass is 9.71. The molecular weight excluding hydrogens is 424 g/mol. The van der Waals surface area contributed by atoms with Crippen molar-refractivity contribution in [3.05, 3.63) is 24.3 Å². The van der Waals surface area contributed by atoms with Gasteiger partial charge in [0.25, 0.3) is 0 Å². The summed E-state index contributed by atoms with van der Waals surface area (Å²) in [5.41, 5.74) is -0.0993. The molecule has 0 N–H and O–H groups in total. The van der Waals surface area contributed by atoms with Gasteiger partial charge in [0.2, 0.25) is 0 Å². The van der Waals surface area contributed by atoms with E-state index in [2.05, 4.69) is 13.2 Å². The molecule has 4 bridgehead atoms. The van der Waals surface area contributed by atoms with Crippen molar-refractivity contribution in [3.8, 4) is 0 Å². The average molecular weight is 471 g/mol. The first-order valence-electron chi connectivity index (χ1n) is 14.0. The molecule has 0 aliphatic carbocycles. The summed E-state index contributed by atoms with van der Waals surface area (Å²) >= 11 is 0. The zero-order valence-electron chi connectivity index (χ0n) is 21.8. The Morgan fingerprint density at radius 3 is 1.53 bits per heavy atom. The predicted octanol–water partition coefficient (Wildman–Crippen LogP) is 7.34. The summed E-state index contributed by atoms with van der Waals surface area (Å²) in [6, 6.07) is 0. The quantitative estimate of drug-likeness (QED) is 0.234. The Morgan fingerprint density at radius 1 is 0.588 bits per heavy atom. The molecule has 1 unspecified atom stereocenters. The Morgan fingerprint density at radius 2 is 1.00 bits per heavy atom. The molecule has 0 amide bonds. The van der Waals surface area contributed by atoms with E-state index in [0.29, 0.717) is 11.1 Å². The minimum absolute atomic E-state index is 0.0986. The lowest BCUT2D eigenvalue weighted by Crippen LogP contribution is -2.56. The number of ketones is 2. The third-order valence-corrected chi connectivity index (χ3v) is 9.31. The van der Waals surface area contributed by atoms with Gasteiger partial charge in [-0.15, -0.1) is 0 Å². The predicted molar refractivity (Wildman–Crippen MR) is 136 cm³/mol. The van der Waals surface area contributed by atoms with Crippen molar-refractivity contribution in [3.63, 3.8) is 0 Å². The number of carbonyl (C=O) groups is 2. The average Bonchev–Trinajstić information content (AvgIpc) is 3.06. The van der Waals surface area contributed by atoms with Gasteiger partial charge in [-0.05, 0) is 108 Å². The normalized spacial score (nSPS) is 37.1. The van der Waals surface area contributed by atoms with E-state index >= 15 is 0 Å². The van der Waals surface area contributed by atoms with Gasteiger partial charge in [-0.25, -0.2) is 0 Å². The number of Topliss-reactive ketones (excluding diaryl/α,β-unsaturated/α-hetero) is 2. The smallest absolute Gasteiger partial charge is 0.189 e. The first kappa shape index (κ1) is 25.8. The van der Waals surface area contributed by atoms with Crippen LogP contribution in [0.15, 0.2) is 24.3 Å². The van der Waals surface area contributed by atoms with E-state index in [1.54, 1.807) is 0 Å². The largest absolute Gasteiger partial charge is 0.360 e. The third-order valence-electron chi connectivity index (χ3n) is 9.31. The zero-order chi connectivity index (χ0) is 24.5. The fraction of sp³-hybridized carbons (Fsp3) is 0.800. The summed E-state index contributed by atoms with van der Waals surface area (Å²) in [5, 5.41) is 0. The van der Waals surface area contributed by atoms with Crippen molar-refractivity contribution in [2.75, 3.05) is 0 Å². The molecule has 34 heavy (non-hydrogen) atoms. The van der Waals surface area contributed by atoms with E-state index in [-0.39, 0.29) is 22.8 Å². The van der Waals surface area contributed by atoms with Crippen LogP contribution in [-0.4, -0.2) is 34.0 Å². The van der Waals surface area contributed by atoms with Crippen molar-refractivity contribution in [1.29, 1.82) is 0 Å². The topological polar surface area (TPSA) is 52.6 Å². The summed E-state index contributed by atoms with van der Waals surface area (Å²) in [6.45, 7) is 11.5. The Kier molecular flexibility index (Phi) is 7.60. The molecular formula is C30H46O4. The van der Waals surface area contributed by atoms with Crippen molar-refractivity contribution in [2.45, 2.75) is 152 Å². The summed E-state index contributed by atoms with van der Waals surface area (Å²) in [5.74, 6) is 0.272. The molecule has 4 fully saturated rings. The van der Waals surface area contributed by atoms with Gasteiger partial charge in [0.1, 0.15) is 11.2 Å². The number of hydrogen-bond donors (Lipinski definition) is 0. The minimum Gasteiger partial charge on any atom is -0.360 e. The van der Waals surface area contributed by atoms with Crippen molar-refractivity contribution >= 4 is 11.6 Å². The van der Waals surface area contributed by atoms with Crippen molar-refractivity contribution in [1.82, 2.24) is 0 Å². The fourth-order valence-electron chi connectivity index (χ4n) is 7.59. The Bertz CT molecular complexity index is 780. The summed E-state index contributed by atoms with van der Waals surface area (Å²) in [6.07, 6.45) is 19.0. The maximum atomic E-state index is 12.9. The Hall–Kier alpha value is -1.26. The van der Waals surface area contributed by atoms with E-state index in [0.717, 1.165) is 103 Å². The first-order chi connectivity index (χ1) is 16.2. The molecule has 4 aliphatic heterocycles. The van der Waals surface area contributed by atoms with Crippen LogP contribution in [0.25, 0.3) is 0 Å². The van der Waals surface area contributed by atoms with Gasteiger partial charge >= 0.3 is 0 Å². The fourth-order valence-corrected chi connectivity index (χ4v) is 7.59. The van der Waals surface area contributed by atoms with E-state index < -0.39 is 11.2 Å². The number of fused-ring (bicyclic) bond motifs is 4. The maximum absolute atomic E-state index is 12.9. The molecule has 4 nitrogen and oxygen atoms in total. The van der Waals surface area contributed by atoms with Gasteiger partial charge in [-0.2, -0.15) is 0 Å². The van der Waals surface area contributed by atoms with Crippen LogP contribution < -0.4 is 0 Å². The van der Waals surface area contributed by atoms with Crippen LogP contribution >= 0.6 is 0 Å². The molecule has 2 atom stereocenters. The highest BCUT2D eigenvalue weighted by Crippen LogP contribution is 2.51. The molecule has 0 aromatic carbocycles. The third kappa shape index (κ3) is 5.00. The highest BCUT2D eigenvalue weighted by Gasteiger charge is 2.54. The molecule has 0 spiro atoms. The van der Waals surface area contributed by atoms with Gasteiger partial charge in [-0.1, -0.05) is 45.3 Å². The molecule has 4 heterocycles. The maximum Gasteiger partial charge on any atom is 0.189 e. The summed E-state index contributed by atoms with van der Waals surface area (Å²) in [7, 11) is 0. The van der Waals surface area contributed by atoms with Gasteiger partial charge < -0.3 is 9.47 Å². The van der Waals surface area contributed by atoms with Gasteiger partial charge in [-0.3, -0.25) is 9.59 Å². The lowest BCUT2D eigenvalue weighted by molar-refractivity contribution is -0.218. The summed E-state index contributed by atoms with van der Waals surface area (Å²) < 4.78 is 13.3. The molecule has 4 rings (SSSR count). The Balaban J connectivity index is 1.25. The van der Waals surface area contributed by atoms with Crippen molar-refractivity contribution in [2.24, 2.45) is 0 Å². The Labute approximate surface area is 206 Å². The molecule has 4 saturated heterocycles. The zero-order valence-corrected chi connectivity index (χ0v) is 21.8. The van der Waals surface area contributed by atoms with E-state index in [9.17, 15) is 9.59 Å². The molecule has 0 aromatic rings. The molecule has 190 valence electrons. The second-order valence-electron chi connectivity index (χ2n) is 12.1. The van der Waals surface area contributed by atoms with E-state index in [1.807, 2.05) is 13.8 Å². The van der Waals surface area contributed by atoms with Crippen LogP contribution in [0.1, 0.15) is 129 Å². The molecule has 0 radical (unpaired) electrons. The minimum atomic E-state index is -0.589. The van der Waals surface area contributed by atoms with Crippen LogP contribution in [0.5, 0.6) is 0 Å². The molecule has 0 saturated carbocycles. The number of ether oxygens (including phenoxy) is 2. The molecule has 0 aromatic heterocycles. The SMILES string of the molecule is C=C(C)C(=O)C12CCCC(CCCCCCC34CCCC[C@](C(=O)C(=C)C)(CC3)O4)(CCC1)O2. The van der Waals surface area contributed by atoms with Crippen LogP contribution in [0.4, 0.5) is 0 Å². The summed E-state index contributed by atoms with van der Waals surface area (Å²) in [4.78, 5) is 25.7. The standard InChI is InChI=1S/C30H46O4/c1-23(2)25(31)29-19-11-16-27(33-29,17-12-20-29)13-7-5-6-8-14-28-15-9-10-18-30(34-28,22-21-28)26(32)24(3)4/h1,3,5-22H2,2,4H3/t27?,28?,29?,30-/m1/s1. The van der Waals surface area contributed by atoms with Crippen LogP contribution in [0.2, 0.25) is 0 Å². The second kappa shape index (κ2) is 10.0. The first-order valence-corrected chi connectivity index (χ1v) is 14.0. The number of hydrogen-bond acceptors (Lipinski definition) is 4. The highest BCUT2D eigenvalue weighted by molar-refractivity contribution is 6.01. The van der Waals surface area contributed by atoms with Gasteiger partial charge in [0, 0.05) is 0 Å². The van der Waals surface area contributed by atoms with Crippen molar-refractivity contribution < 1.29 is 19.1 Å². The lowest BCUT2D eigenvalue weighted by Gasteiger charge is -2.52. The van der Waals surface area contributed by atoms with Crippen LogP contribution in [-0.2, 0) is 19.1 Å². The molecule has 4 aliphatic rings. The molecule has 4 heteroatoms. The van der Waals surface area contributed by atoms with Crippen LogP contribution in [0, 0.1) is 0 Å².